The van der Waals surface area contributed by atoms with Gasteiger partial charge in [-0.2, -0.15) is 0 Å². The molecule has 0 radical (unpaired) electrons. The second-order valence-electron chi connectivity index (χ2n) is 8.83. The molecule has 0 heteroatoms. The molecule has 0 N–H and O–H groups in total. The van der Waals surface area contributed by atoms with Gasteiger partial charge in [-0.15, -0.1) is 6.58 Å². The van der Waals surface area contributed by atoms with E-state index in [4.69, 9.17) is 0 Å². The summed E-state index contributed by atoms with van der Waals surface area (Å²) < 4.78 is 0. The lowest BCUT2D eigenvalue weighted by atomic mass is 9.84. The van der Waals surface area contributed by atoms with E-state index in [0.29, 0.717) is 5.92 Å². The molecule has 1 unspecified atom stereocenters. The van der Waals surface area contributed by atoms with Crippen LogP contribution in [0.3, 0.4) is 0 Å². The number of hydrogen-bond donors (Lipinski definition) is 0. The van der Waals surface area contributed by atoms with Crippen molar-refractivity contribution >= 4 is 6.08 Å². The van der Waals surface area contributed by atoms with Gasteiger partial charge in [-0.05, 0) is 67.7 Å². The summed E-state index contributed by atoms with van der Waals surface area (Å²) >= 11 is 0. The van der Waals surface area contributed by atoms with Gasteiger partial charge in [0.2, 0.25) is 0 Å². The Bertz CT molecular complexity index is 1020. The summed E-state index contributed by atoms with van der Waals surface area (Å²) in [5.74, 6) is 0.400. The molecule has 33 heavy (non-hydrogen) atoms. The van der Waals surface area contributed by atoms with Crippen molar-refractivity contribution in [2.45, 2.75) is 58.3 Å². The molecule has 0 aliphatic carbocycles. The lowest BCUT2D eigenvalue weighted by Gasteiger charge is -2.20. The van der Waals surface area contributed by atoms with Gasteiger partial charge >= 0.3 is 0 Å². The van der Waals surface area contributed by atoms with Crippen molar-refractivity contribution in [3.8, 4) is 0 Å². The highest BCUT2D eigenvalue weighted by Crippen LogP contribution is 2.32. The Balaban J connectivity index is 1.76. The monoisotopic (exact) mass is 434 g/mol. The summed E-state index contributed by atoms with van der Waals surface area (Å²) in [5.41, 5.74) is 8.31. The van der Waals surface area contributed by atoms with Crippen LogP contribution in [0.4, 0.5) is 0 Å². The first-order chi connectivity index (χ1) is 16.2. The zero-order chi connectivity index (χ0) is 23.3. The maximum atomic E-state index is 4.07. The number of rotatable bonds is 12. The molecule has 0 bridgehead atoms. The SMILES string of the molecule is C=CCC(C(=CCCc1ccccc1)CCC=Cc1ccc(C)cc1)c1ccc(CC)cc1. The smallest absolute Gasteiger partial charge is 0.00826 e. The molecule has 0 aliphatic heterocycles. The Labute approximate surface area is 201 Å². The van der Waals surface area contributed by atoms with Gasteiger partial charge in [0.1, 0.15) is 0 Å². The normalized spacial score (nSPS) is 12.7. The lowest BCUT2D eigenvalue weighted by molar-refractivity contribution is 0.742. The maximum Gasteiger partial charge on any atom is 0.00826 e. The van der Waals surface area contributed by atoms with Gasteiger partial charge in [-0.3, -0.25) is 0 Å². The van der Waals surface area contributed by atoms with Gasteiger partial charge in [-0.25, -0.2) is 0 Å². The molecule has 170 valence electrons. The van der Waals surface area contributed by atoms with Gasteiger partial charge in [0, 0.05) is 5.92 Å². The second kappa shape index (κ2) is 13.4. The average Bonchev–Trinajstić information content (AvgIpc) is 2.86. The van der Waals surface area contributed by atoms with Crippen LogP contribution in [0.2, 0.25) is 0 Å². The van der Waals surface area contributed by atoms with E-state index >= 15 is 0 Å². The molecule has 0 saturated carbocycles. The predicted octanol–water partition coefficient (Wildman–Crippen LogP) is 9.27. The lowest BCUT2D eigenvalue weighted by Crippen LogP contribution is -2.03. The predicted molar refractivity (Wildman–Crippen MR) is 146 cm³/mol. The fourth-order valence-corrected chi connectivity index (χ4v) is 4.29. The Morgan fingerprint density at radius 3 is 2.24 bits per heavy atom. The third-order valence-corrected chi connectivity index (χ3v) is 6.31. The van der Waals surface area contributed by atoms with Crippen molar-refractivity contribution in [2.24, 2.45) is 0 Å². The Hall–Kier alpha value is -3.12. The van der Waals surface area contributed by atoms with E-state index in [1.54, 1.807) is 0 Å². The Morgan fingerprint density at radius 1 is 0.848 bits per heavy atom. The summed E-state index contributed by atoms with van der Waals surface area (Å²) in [5, 5.41) is 0. The van der Waals surface area contributed by atoms with Crippen LogP contribution in [-0.4, -0.2) is 0 Å². The fourth-order valence-electron chi connectivity index (χ4n) is 4.29. The molecule has 3 rings (SSSR count). The first kappa shape index (κ1) is 24.5. The second-order valence-corrected chi connectivity index (χ2v) is 8.83. The highest BCUT2D eigenvalue weighted by molar-refractivity contribution is 5.49. The molecule has 3 aromatic rings. The molecule has 0 spiro atoms. The van der Waals surface area contributed by atoms with Gasteiger partial charge in [-0.1, -0.05) is 121 Å². The first-order valence-corrected chi connectivity index (χ1v) is 12.4. The van der Waals surface area contributed by atoms with Crippen molar-refractivity contribution in [1.29, 1.82) is 0 Å². The maximum absolute atomic E-state index is 4.07. The van der Waals surface area contributed by atoms with Crippen LogP contribution < -0.4 is 0 Å². The largest absolute Gasteiger partial charge is 0.103 e. The van der Waals surface area contributed by atoms with Crippen LogP contribution in [0, 0.1) is 6.92 Å². The highest BCUT2D eigenvalue weighted by Gasteiger charge is 2.15. The molecule has 0 fully saturated rings. The average molecular weight is 435 g/mol. The van der Waals surface area contributed by atoms with Crippen molar-refractivity contribution in [3.05, 3.63) is 137 Å². The van der Waals surface area contributed by atoms with E-state index in [2.05, 4.69) is 124 Å². The van der Waals surface area contributed by atoms with Crippen LogP contribution in [0.25, 0.3) is 6.08 Å². The van der Waals surface area contributed by atoms with Gasteiger partial charge in [0.05, 0.1) is 0 Å². The van der Waals surface area contributed by atoms with E-state index in [0.717, 1.165) is 38.5 Å². The summed E-state index contributed by atoms with van der Waals surface area (Å²) in [6, 6.07) is 28.7. The van der Waals surface area contributed by atoms with Crippen molar-refractivity contribution in [2.75, 3.05) is 0 Å². The van der Waals surface area contributed by atoms with Crippen LogP contribution in [0.5, 0.6) is 0 Å². The van der Waals surface area contributed by atoms with Crippen LogP contribution in [-0.2, 0) is 12.8 Å². The van der Waals surface area contributed by atoms with E-state index in [1.165, 1.54) is 33.4 Å². The standard InChI is InChI=1S/C33H38/c1-4-12-33(32-25-23-28(5-2)24-26-32)31(18-11-16-29-13-7-6-8-14-29)17-10-9-15-30-21-19-27(3)20-22-30/h4,6-9,13-15,18-26,33H,1,5,10-12,16-17H2,2-3H3. The minimum atomic E-state index is 0.400. The molecular formula is C33H38. The van der Waals surface area contributed by atoms with Crippen LogP contribution in [0.1, 0.15) is 66.3 Å². The zero-order valence-electron chi connectivity index (χ0n) is 20.3. The van der Waals surface area contributed by atoms with Gasteiger partial charge in [0.15, 0.2) is 0 Å². The van der Waals surface area contributed by atoms with E-state index in [-0.39, 0.29) is 0 Å². The molecule has 0 amide bonds. The number of aryl methyl sites for hydroxylation is 3. The minimum Gasteiger partial charge on any atom is -0.103 e. The Morgan fingerprint density at radius 2 is 1.58 bits per heavy atom. The van der Waals surface area contributed by atoms with E-state index in [9.17, 15) is 0 Å². The first-order valence-electron chi connectivity index (χ1n) is 12.4. The molecule has 0 nitrogen and oxygen atoms in total. The molecular weight excluding hydrogens is 396 g/mol. The summed E-state index contributed by atoms with van der Waals surface area (Å²) in [4.78, 5) is 0. The van der Waals surface area contributed by atoms with Crippen LogP contribution in [0.15, 0.2) is 109 Å². The molecule has 1 atom stereocenters. The van der Waals surface area contributed by atoms with Crippen molar-refractivity contribution in [1.82, 2.24) is 0 Å². The summed E-state index contributed by atoms with van der Waals surface area (Å²) in [6.45, 7) is 8.42. The third-order valence-electron chi connectivity index (χ3n) is 6.31. The van der Waals surface area contributed by atoms with Crippen molar-refractivity contribution in [3.63, 3.8) is 0 Å². The Kier molecular flexibility index (Phi) is 9.98. The number of allylic oxidation sites excluding steroid dienone is 4. The quantitative estimate of drug-likeness (QED) is 0.249. The van der Waals surface area contributed by atoms with Crippen LogP contribution >= 0.6 is 0 Å². The molecule has 0 aliphatic rings. The van der Waals surface area contributed by atoms with Crippen molar-refractivity contribution < 1.29 is 0 Å². The van der Waals surface area contributed by atoms with E-state index in [1.807, 2.05) is 0 Å². The minimum absolute atomic E-state index is 0.400. The third kappa shape index (κ3) is 8.06. The highest BCUT2D eigenvalue weighted by atomic mass is 14.2. The fraction of sp³-hybridized carbons (Fsp3) is 0.273. The zero-order valence-corrected chi connectivity index (χ0v) is 20.3. The summed E-state index contributed by atoms with van der Waals surface area (Å²) in [7, 11) is 0. The molecule has 0 saturated heterocycles. The van der Waals surface area contributed by atoms with Gasteiger partial charge < -0.3 is 0 Å². The molecule has 0 heterocycles. The summed E-state index contributed by atoms with van der Waals surface area (Å²) in [6.07, 6.45) is 15.5. The van der Waals surface area contributed by atoms with E-state index < -0.39 is 0 Å². The molecule has 0 aromatic heterocycles. The number of hydrogen-bond acceptors (Lipinski definition) is 0. The molecule has 3 aromatic carbocycles. The number of benzene rings is 3. The van der Waals surface area contributed by atoms with Gasteiger partial charge in [0.25, 0.3) is 0 Å². The topological polar surface area (TPSA) is 0 Å².